The second-order valence-electron chi connectivity index (χ2n) is 4.58. The Morgan fingerprint density at radius 2 is 2.00 bits per heavy atom. The average Bonchev–Trinajstić information content (AvgIpc) is 3.04. The Kier molecular flexibility index (Phi) is 3.36. The van der Waals surface area contributed by atoms with Crippen molar-refractivity contribution in [2.75, 3.05) is 17.2 Å². The van der Waals surface area contributed by atoms with Gasteiger partial charge in [0.25, 0.3) is 0 Å². The predicted octanol–water partition coefficient (Wildman–Crippen LogP) is 3.76. The third kappa shape index (κ3) is 2.83. The van der Waals surface area contributed by atoms with Crippen molar-refractivity contribution in [3.8, 4) is 0 Å². The molecule has 1 aliphatic rings. The van der Waals surface area contributed by atoms with Gasteiger partial charge in [-0.15, -0.1) is 0 Å². The van der Waals surface area contributed by atoms with Gasteiger partial charge in [-0.05, 0) is 37.5 Å². The quantitative estimate of drug-likeness (QED) is 0.853. The fourth-order valence-corrected chi connectivity index (χ4v) is 2.20. The molecule has 0 saturated heterocycles. The molecule has 2 rings (SSSR count). The van der Waals surface area contributed by atoms with E-state index in [1.54, 1.807) is 19.1 Å². The van der Waals surface area contributed by atoms with E-state index in [4.69, 9.17) is 17.3 Å². The Bertz CT molecular complexity index is 455. The van der Waals surface area contributed by atoms with E-state index in [1.807, 2.05) is 0 Å². The van der Waals surface area contributed by atoms with Gasteiger partial charge in [-0.3, -0.25) is 0 Å². The molecule has 1 fully saturated rings. The van der Waals surface area contributed by atoms with E-state index >= 15 is 0 Å². The monoisotopic (exact) mass is 278 g/mol. The van der Waals surface area contributed by atoms with Crippen LogP contribution in [0.25, 0.3) is 0 Å². The molecule has 0 atom stereocenters. The molecule has 0 heterocycles. The lowest BCUT2D eigenvalue weighted by atomic mass is 10.1. The van der Waals surface area contributed by atoms with E-state index in [2.05, 4.69) is 0 Å². The molecule has 0 unspecified atom stereocenters. The molecule has 1 aromatic carbocycles. The Morgan fingerprint density at radius 3 is 2.50 bits per heavy atom. The second-order valence-corrected chi connectivity index (χ2v) is 4.99. The first-order chi connectivity index (χ1) is 8.29. The van der Waals surface area contributed by atoms with Crippen molar-refractivity contribution in [3.63, 3.8) is 0 Å². The standard InChI is InChI=1S/C12H14ClF3N2/c1-7-9(13)4-5-10(17)11(7)18(8-2-3-8)6-12(14,15)16/h4-5,8H,2-3,6,17H2,1H3. The molecule has 6 heteroatoms. The highest BCUT2D eigenvalue weighted by atomic mass is 35.5. The van der Waals surface area contributed by atoms with Gasteiger partial charge in [0.15, 0.2) is 0 Å². The molecule has 0 radical (unpaired) electrons. The van der Waals surface area contributed by atoms with Gasteiger partial charge in [0.05, 0.1) is 11.4 Å². The van der Waals surface area contributed by atoms with Crippen LogP contribution in [0.1, 0.15) is 18.4 Å². The average molecular weight is 279 g/mol. The van der Waals surface area contributed by atoms with Crippen molar-refractivity contribution in [2.24, 2.45) is 0 Å². The van der Waals surface area contributed by atoms with Crippen LogP contribution in [0.3, 0.4) is 0 Å². The minimum atomic E-state index is -4.25. The first-order valence-corrected chi connectivity index (χ1v) is 6.05. The van der Waals surface area contributed by atoms with Crippen molar-refractivity contribution in [1.82, 2.24) is 0 Å². The lowest BCUT2D eigenvalue weighted by Crippen LogP contribution is -2.36. The molecular formula is C12H14ClF3N2. The molecule has 0 spiro atoms. The summed E-state index contributed by atoms with van der Waals surface area (Å²) in [6.07, 6.45) is -2.72. The molecule has 0 amide bonds. The van der Waals surface area contributed by atoms with Crippen LogP contribution in [-0.2, 0) is 0 Å². The number of anilines is 2. The maximum atomic E-state index is 12.6. The van der Waals surface area contributed by atoms with E-state index < -0.39 is 12.7 Å². The van der Waals surface area contributed by atoms with E-state index in [1.165, 1.54) is 4.90 Å². The number of nitrogen functional groups attached to an aromatic ring is 1. The van der Waals surface area contributed by atoms with Crippen molar-refractivity contribution in [2.45, 2.75) is 32.0 Å². The van der Waals surface area contributed by atoms with Gasteiger partial charge >= 0.3 is 6.18 Å². The molecule has 1 aromatic rings. The highest BCUT2D eigenvalue weighted by Crippen LogP contribution is 2.40. The summed E-state index contributed by atoms with van der Waals surface area (Å²) in [6, 6.07) is 3.08. The Hall–Kier alpha value is -1.10. The number of nitrogens with two attached hydrogens (primary N) is 1. The van der Waals surface area contributed by atoms with Crippen molar-refractivity contribution in [3.05, 3.63) is 22.7 Å². The van der Waals surface area contributed by atoms with Gasteiger partial charge in [0.2, 0.25) is 0 Å². The Labute approximate surface area is 109 Å². The van der Waals surface area contributed by atoms with Gasteiger partial charge in [-0.1, -0.05) is 11.6 Å². The van der Waals surface area contributed by atoms with Crippen LogP contribution in [-0.4, -0.2) is 18.8 Å². The molecule has 0 aromatic heterocycles. The predicted molar refractivity (Wildman–Crippen MR) is 67.0 cm³/mol. The minimum absolute atomic E-state index is 0.0777. The lowest BCUT2D eigenvalue weighted by Gasteiger charge is -2.29. The Balaban J connectivity index is 2.39. The van der Waals surface area contributed by atoms with Crippen LogP contribution in [0.5, 0.6) is 0 Å². The number of alkyl halides is 3. The summed E-state index contributed by atoms with van der Waals surface area (Å²) < 4.78 is 37.9. The number of hydrogen-bond donors (Lipinski definition) is 1. The highest BCUT2D eigenvalue weighted by Gasteiger charge is 2.39. The van der Waals surface area contributed by atoms with Crippen LogP contribution < -0.4 is 10.6 Å². The topological polar surface area (TPSA) is 29.3 Å². The van der Waals surface area contributed by atoms with Gasteiger partial charge < -0.3 is 10.6 Å². The van der Waals surface area contributed by atoms with Gasteiger partial charge in [-0.2, -0.15) is 13.2 Å². The summed E-state index contributed by atoms with van der Waals surface area (Å²) in [4.78, 5) is 1.33. The minimum Gasteiger partial charge on any atom is -0.397 e. The number of benzene rings is 1. The molecule has 0 bridgehead atoms. The molecule has 2 nitrogen and oxygen atoms in total. The summed E-state index contributed by atoms with van der Waals surface area (Å²) in [5.41, 5.74) is 7.17. The van der Waals surface area contributed by atoms with Gasteiger partial charge in [0, 0.05) is 11.1 Å². The first kappa shape index (κ1) is 13.3. The molecule has 18 heavy (non-hydrogen) atoms. The molecule has 100 valence electrons. The smallest absolute Gasteiger partial charge is 0.397 e. The third-order valence-corrected chi connectivity index (χ3v) is 3.43. The van der Waals surface area contributed by atoms with Crippen molar-refractivity contribution < 1.29 is 13.2 Å². The zero-order valence-corrected chi connectivity index (χ0v) is 10.6. The van der Waals surface area contributed by atoms with E-state index in [0.717, 1.165) is 12.8 Å². The summed E-state index contributed by atoms with van der Waals surface area (Å²) in [5.74, 6) is 0. The number of hydrogen-bond acceptors (Lipinski definition) is 2. The molecule has 1 aliphatic carbocycles. The molecule has 0 aliphatic heterocycles. The number of nitrogens with zero attached hydrogens (tertiary/aromatic N) is 1. The summed E-state index contributed by atoms with van der Waals surface area (Å²) in [6.45, 7) is 0.711. The highest BCUT2D eigenvalue weighted by molar-refractivity contribution is 6.32. The summed E-state index contributed by atoms with van der Waals surface area (Å²) >= 11 is 5.96. The van der Waals surface area contributed by atoms with Crippen LogP contribution in [0.15, 0.2) is 12.1 Å². The number of halogens is 4. The van der Waals surface area contributed by atoms with Gasteiger partial charge in [-0.25, -0.2) is 0 Å². The lowest BCUT2D eigenvalue weighted by molar-refractivity contribution is -0.119. The normalized spacial score (nSPS) is 15.8. The molecule has 2 N–H and O–H groups in total. The van der Waals surface area contributed by atoms with Gasteiger partial charge in [0.1, 0.15) is 6.54 Å². The van der Waals surface area contributed by atoms with Crippen LogP contribution in [0, 0.1) is 6.92 Å². The van der Waals surface area contributed by atoms with Crippen LogP contribution in [0.2, 0.25) is 5.02 Å². The van der Waals surface area contributed by atoms with Crippen LogP contribution in [0.4, 0.5) is 24.5 Å². The number of rotatable bonds is 3. The van der Waals surface area contributed by atoms with E-state index in [-0.39, 0.29) is 6.04 Å². The van der Waals surface area contributed by atoms with E-state index in [0.29, 0.717) is 22.0 Å². The third-order valence-electron chi connectivity index (χ3n) is 3.02. The molecule has 1 saturated carbocycles. The SMILES string of the molecule is Cc1c(Cl)ccc(N)c1N(CC(F)(F)F)C1CC1. The Morgan fingerprint density at radius 1 is 1.39 bits per heavy atom. The van der Waals surface area contributed by atoms with Crippen LogP contribution >= 0.6 is 11.6 Å². The maximum Gasteiger partial charge on any atom is 0.405 e. The fraction of sp³-hybridized carbons (Fsp3) is 0.500. The van der Waals surface area contributed by atoms with E-state index in [9.17, 15) is 13.2 Å². The second kappa shape index (κ2) is 4.53. The first-order valence-electron chi connectivity index (χ1n) is 5.67. The largest absolute Gasteiger partial charge is 0.405 e. The summed E-state index contributed by atoms with van der Waals surface area (Å²) in [7, 11) is 0. The summed E-state index contributed by atoms with van der Waals surface area (Å²) in [5, 5.41) is 0.437. The fourth-order valence-electron chi connectivity index (χ4n) is 2.05. The maximum absolute atomic E-state index is 12.6. The molecular weight excluding hydrogens is 265 g/mol. The van der Waals surface area contributed by atoms with Crippen molar-refractivity contribution >= 4 is 23.0 Å². The zero-order valence-electron chi connectivity index (χ0n) is 9.89. The van der Waals surface area contributed by atoms with Crippen molar-refractivity contribution in [1.29, 1.82) is 0 Å². The zero-order chi connectivity index (χ0) is 13.5.